The normalized spacial score (nSPS) is 10.6. The number of pyridine rings is 1. The number of rotatable bonds is 8. The lowest BCUT2D eigenvalue weighted by Gasteiger charge is -2.14. The highest BCUT2D eigenvalue weighted by molar-refractivity contribution is 5.92. The van der Waals surface area contributed by atoms with Crippen LogP contribution in [-0.2, 0) is 13.0 Å². The summed E-state index contributed by atoms with van der Waals surface area (Å²) >= 11 is 0. The quantitative estimate of drug-likeness (QED) is 0.585. The molecule has 0 saturated heterocycles. The van der Waals surface area contributed by atoms with Crippen molar-refractivity contribution in [3.05, 3.63) is 88.6 Å². The number of aryl methyl sites for hydroxylation is 2. The van der Waals surface area contributed by atoms with Gasteiger partial charge in [0.15, 0.2) is 0 Å². The standard InChI is InChI=1S/C23H25N3O2/c1-16-12-19(14-25-11-10-18-6-4-3-5-7-18)13-17(2)22(16)28-21-9-8-20(15-26-21)23(24)27/h3-9,12-13,15,25H,10-11,14H2,1-2H3,(H2,24,27). The number of primary amides is 1. The third kappa shape index (κ3) is 5.18. The molecule has 0 spiro atoms. The molecule has 5 heteroatoms. The molecule has 0 atom stereocenters. The average Bonchev–Trinajstić information content (AvgIpc) is 2.69. The van der Waals surface area contributed by atoms with Crippen molar-refractivity contribution in [2.24, 2.45) is 5.73 Å². The number of aromatic nitrogens is 1. The molecule has 0 radical (unpaired) electrons. The van der Waals surface area contributed by atoms with Gasteiger partial charge in [0, 0.05) is 18.8 Å². The molecule has 0 aliphatic heterocycles. The number of amides is 1. The van der Waals surface area contributed by atoms with E-state index in [4.69, 9.17) is 10.5 Å². The van der Waals surface area contributed by atoms with Crippen LogP contribution in [0.4, 0.5) is 0 Å². The number of carbonyl (C=O) groups is 1. The Kier molecular flexibility index (Phi) is 6.40. The van der Waals surface area contributed by atoms with E-state index in [0.29, 0.717) is 11.4 Å². The van der Waals surface area contributed by atoms with Gasteiger partial charge >= 0.3 is 0 Å². The van der Waals surface area contributed by atoms with Crippen LogP contribution < -0.4 is 15.8 Å². The van der Waals surface area contributed by atoms with Crippen molar-refractivity contribution in [3.8, 4) is 11.6 Å². The highest BCUT2D eigenvalue weighted by atomic mass is 16.5. The molecular formula is C23H25N3O2. The summed E-state index contributed by atoms with van der Waals surface area (Å²) in [4.78, 5) is 15.3. The predicted molar refractivity (Wildman–Crippen MR) is 111 cm³/mol. The lowest BCUT2D eigenvalue weighted by atomic mass is 10.1. The summed E-state index contributed by atoms with van der Waals surface area (Å²) in [5.74, 6) is 0.716. The Morgan fingerprint density at radius 2 is 1.75 bits per heavy atom. The number of benzene rings is 2. The smallest absolute Gasteiger partial charge is 0.250 e. The minimum Gasteiger partial charge on any atom is -0.438 e. The summed E-state index contributed by atoms with van der Waals surface area (Å²) in [6.45, 7) is 5.78. The van der Waals surface area contributed by atoms with Crippen molar-refractivity contribution in [1.29, 1.82) is 0 Å². The maximum atomic E-state index is 11.1. The molecule has 1 amide bonds. The van der Waals surface area contributed by atoms with Crippen LogP contribution in [-0.4, -0.2) is 17.4 Å². The van der Waals surface area contributed by atoms with Gasteiger partial charge in [-0.3, -0.25) is 4.79 Å². The molecule has 1 aromatic heterocycles. The van der Waals surface area contributed by atoms with E-state index in [1.54, 1.807) is 12.1 Å². The van der Waals surface area contributed by atoms with Crippen molar-refractivity contribution < 1.29 is 9.53 Å². The van der Waals surface area contributed by atoms with Gasteiger partial charge in [-0.1, -0.05) is 42.5 Å². The number of nitrogens with one attached hydrogen (secondary N) is 1. The van der Waals surface area contributed by atoms with E-state index in [-0.39, 0.29) is 0 Å². The molecule has 0 fully saturated rings. The highest BCUT2D eigenvalue weighted by Gasteiger charge is 2.09. The van der Waals surface area contributed by atoms with Crippen molar-refractivity contribution in [2.45, 2.75) is 26.8 Å². The maximum Gasteiger partial charge on any atom is 0.250 e. The third-order valence-electron chi connectivity index (χ3n) is 4.51. The van der Waals surface area contributed by atoms with E-state index >= 15 is 0 Å². The van der Waals surface area contributed by atoms with Gasteiger partial charge in [0.2, 0.25) is 11.8 Å². The van der Waals surface area contributed by atoms with E-state index < -0.39 is 5.91 Å². The fraction of sp³-hybridized carbons (Fsp3) is 0.217. The van der Waals surface area contributed by atoms with Crippen LogP contribution in [0.2, 0.25) is 0 Å². The van der Waals surface area contributed by atoms with E-state index in [1.165, 1.54) is 17.3 Å². The summed E-state index contributed by atoms with van der Waals surface area (Å²) in [5, 5.41) is 3.49. The molecule has 3 N–H and O–H groups in total. The van der Waals surface area contributed by atoms with E-state index in [1.807, 2.05) is 19.9 Å². The van der Waals surface area contributed by atoms with Gasteiger partial charge in [-0.2, -0.15) is 0 Å². The Hall–Kier alpha value is -3.18. The second kappa shape index (κ2) is 9.15. The summed E-state index contributed by atoms with van der Waals surface area (Å²) in [6, 6.07) is 18.0. The number of hydrogen-bond donors (Lipinski definition) is 2. The van der Waals surface area contributed by atoms with Gasteiger partial charge in [-0.05, 0) is 55.1 Å². The zero-order chi connectivity index (χ0) is 19.9. The Bertz CT molecular complexity index is 915. The molecule has 28 heavy (non-hydrogen) atoms. The first-order valence-electron chi connectivity index (χ1n) is 9.31. The molecule has 0 aliphatic rings. The van der Waals surface area contributed by atoms with Crippen LogP contribution in [0.25, 0.3) is 0 Å². The van der Waals surface area contributed by atoms with Crippen molar-refractivity contribution in [1.82, 2.24) is 10.3 Å². The summed E-state index contributed by atoms with van der Waals surface area (Å²) in [7, 11) is 0. The van der Waals surface area contributed by atoms with Crippen LogP contribution >= 0.6 is 0 Å². The Morgan fingerprint density at radius 3 is 2.36 bits per heavy atom. The van der Waals surface area contributed by atoms with E-state index in [2.05, 4.69) is 46.7 Å². The second-order valence-electron chi connectivity index (χ2n) is 6.82. The second-order valence-corrected chi connectivity index (χ2v) is 6.82. The summed E-state index contributed by atoms with van der Waals surface area (Å²) < 4.78 is 5.93. The molecule has 0 bridgehead atoms. The fourth-order valence-electron chi connectivity index (χ4n) is 3.10. The molecule has 0 unspecified atom stereocenters. The van der Waals surface area contributed by atoms with Gasteiger partial charge in [0.1, 0.15) is 5.75 Å². The minimum absolute atomic E-state index is 0.359. The number of ether oxygens (including phenoxy) is 1. The number of hydrogen-bond acceptors (Lipinski definition) is 4. The third-order valence-corrected chi connectivity index (χ3v) is 4.51. The van der Waals surface area contributed by atoms with Crippen LogP contribution in [0.1, 0.15) is 32.6 Å². The van der Waals surface area contributed by atoms with Crippen LogP contribution in [0.15, 0.2) is 60.8 Å². The van der Waals surface area contributed by atoms with Gasteiger partial charge in [-0.25, -0.2) is 4.98 Å². The predicted octanol–water partition coefficient (Wildman–Crippen LogP) is 3.92. The first-order chi connectivity index (χ1) is 13.5. The molecule has 0 aliphatic carbocycles. The first kappa shape index (κ1) is 19.6. The van der Waals surface area contributed by atoms with Gasteiger partial charge in [0.25, 0.3) is 0 Å². The molecule has 2 aromatic carbocycles. The minimum atomic E-state index is -0.504. The SMILES string of the molecule is Cc1cc(CNCCc2ccccc2)cc(C)c1Oc1ccc(C(N)=O)cn1. The molecule has 3 rings (SSSR count). The Labute approximate surface area is 165 Å². The van der Waals surface area contributed by atoms with Gasteiger partial charge in [0.05, 0.1) is 5.56 Å². The molecule has 3 aromatic rings. The number of nitrogens with zero attached hydrogens (tertiary/aromatic N) is 1. The van der Waals surface area contributed by atoms with Crippen LogP contribution in [0.5, 0.6) is 11.6 Å². The molecule has 0 saturated carbocycles. The first-order valence-corrected chi connectivity index (χ1v) is 9.31. The molecule has 1 heterocycles. The van der Waals surface area contributed by atoms with Crippen molar-refractivity contribution in [3.63, 3.8) is 0 Å². The molecular weight excluding hydrogens is 350 g/mol. The number of nitrogens with two attached hydrogens (primary N) is 1. The van der Waals surface area contributed by atoms with Crippen molar-refractivity contribution >= 4 is 5.91 Å². The zero-order valence-electron chi connectivity index (χ0n) is 16.2. The van der Waals surface area contributed by atoms with Gasteiger partial charge < -0.3 is 15.8 Å². The highest BCUT2D eigenvalue weighted by Crippen LogP contribution is 2.29. The largest absolute Gasteiger partial charge is 0.438 e. The van der Waals surface area contributed by atoms with Crippen LogP contribution in [0.3, 0.4) is 0 Å². The Balaban J connectivity index is 1.59. The number of carbonyl (C=O) groups excluding carboxylic acids is 1. The summed E-state index contributed by atoms with van der Waals surface area (Å²) in [5.41, 5.74) is 10.2. The zero-order valence-corrected chi connectivity index (χ0v) is 16.2. The van der Waals surface area contributed by atoms with Gasteiger partial charge in [-0.15, -0.1) is 0 Å². The monoisotopic (exact) mass is 375 g/mol. The fourth-order valence-corrected chi connectivity index (χ4v) is 3.10. The lowest BCUT2D eigenvalue weighted by Crippen LogP contribution is -2.17. The van der Waals surface area contributed by atoms with E-state index in [9.17, 15) is 4.79 Å². The topological polar surface area (TPSA) is 77.2 Å². The maximum absolute atomic E-state index is 11.1. The molecule has 144 valence electrons. The molecule has 5 nitrogen and oxygen atoms in total. The van der Waals surface area contributed by atoms with Crippen molar-refractivity contribution in [2.75, 3.05) is 6.54 Å². The van der Waals surface area contributed by atoms with E-state index in [0.717, 1.165) is 36.4 Å². The Morgan fingerprint density at radius 1 is 1.04 bits per heavy atom. The van der Waals surface area contributed by atoms with Crippen LogP contribution in [0, 0.1) is 13.8 Å². The summed E-state index contributed by atoms with van der Waals surface area (Å²) in [6.07, 6.45) is 2.43. The average molecular weight is 375 g/mol. The lowest BCUT2D eigenvalue weighted by molar-refractivity contribution is 0.1000.